The van der Waals surface area contributed by atoms with Crippen LogP contribution in [0.1, 0.15) is 25.3 Å². The minimum Gasteiger partial charge on any atom is -0.280 e. The number of anilines is 1. The Hall–Kier alpha value is -1.95. The molecule has 3 nitrogen and oxygen atoms in total. The molecule has 0 amide bonds. The van der Waals surface area contributed by atoms with E-state index in [1.807, 2.05) is 19.9 Å². The van der Waals surface area contributed by atoms with E-state index in [-0.39, 0.29) is 5.92 Å². The number of halogens is 2. The molecular weight excluding hydrogens is 296 g/mol. The Labute approximate surface area is 122 Å². The maximum Gasteiger partial charge on any atom is 0.264 e. The monoisotopic (exact) mass is 311 g/mol. The van der Waals surface area contributed by atoms with Crippen LogP contribution in [0, 0.1) is 11.6 Å². The molecule has 0 unspecified atom stereocenters. The molecule has 112 valence electrons. The van der Waals surface area contributed by atoms with Gasteiger partial charge in [0.15, 0.2) is 0 Å². The number of hydrogen-bond acceptors (Lipinski definition) is 2. The van der Waals surface area contributed by atoms with E-state index in [0.29, 0.717) is 11.8 Å². The zero-order valence-electron chi connectivity index (χ0n) is 11.6. The van der Waals surface area contributed by atoms with E-state index < -0.39 is 26.6 Å². The van der Waals surface area contributed by atoms with Crippen LogP contribution in [0.2, 0.25) is 0 Å². The highest BCUT2D eigenvalue weighted by atomic mass is 32.2. The van der Waals surface area contributed by atoms with Crippen molar-refractivity contribution in [1.82, 2.24) is 0 Å². The van der Waals surface area contributed by atoms with Crippen LogP contribution >= 0.6 is 0 Å². The number of hydrogen-bond donors (Lipinski definition) is 1. The van der Waals surface area contributed by atoms with Gasteiger partial charge < -0.3 is 0 Å². The Balaban J connectivity index is 2.37. The molecule has 21 heavy (non-hydrogen) atoms. The smallest absolute Gasteiger partial charge is 0.264 e. The summed E-state index contributed by atoms with van der Waals surface area (Å²) in [5.41, 5.74) is 1.25. The van der Waals surface area contributed by atoms with Crippen molar-refractivity contribution in [2.45, 2.75) is 24.7 Å². The standard InChI is InChI=1S/C15H15F2NO2S/c1-10(2)11-4-3-5-13(8-11)18-21(19,20)15-9-12(16)6-7-14(15)17/h3-10,18H,1-2H3. The van der Waals surface area contributed by atoms with E-state index in [1.165, 1.54) is 0 Å². The van der Waals surface area contributed by atoms with Gasteiger partial charge in [0.05, 0.1) is 0 Å². The highest BCUT2D eigenvalue weighted by Crippen LogP contribution is 2.23. The maximum absolute atomic E-state index is 13.6. The van der Waals surface area contributed by atoms with Crippen molar-refractivity contribution < 1.29 is 17.2 Å². The van der Waals surface area contributed by atoms with Gasteiger partial charge in [0.1, 0.15) is 16.5 Å². The van der Waals surface area contributed by atoms with Crippen LogP contribution in [0.25, 0.3) is 0 Å². The molecule has 6 heteroatoms. The lowest BCUT2D eigenvalue weighted by atomic mass is 10.0. The summed E-state index contributed by atoms with van der Waals surface area (Å²) in [6, 6.07) is 9.10. The Bertz CT molecular complexity index is 758. The summed E-state index contributed by atoms with van der Waals surface area (Å²) in [5, 5.41) is 0. The Morgan fingerprint density at radius 3 is 2.43 bits per heavy atom. The van der Waals surface area contributed by atoms with E-state index in [9.17, 15) is 17.2 Å². The van der Waals surface area contributed by atoms with E-state index in [1.54, 1.807) is 18.2 Å². The molecule has 0 aliphatic rings. The maximum atomic E-state index is 13.6. The lowest BCUT2D eigenvalue weighted by molar-refractivity contribution is 0.555. The molecule has 2 aromatic rings. The van der Waals surface area contributed by atoms with E-state index in [0.717, 1.165) is 17.7 Å². The number of sulfonamides is 1. The van der Waals surface area contributed by atoms with Crippen molar-refractivity contribution in [3.63, 3.8) is 0 Å². The minimum atomic E-state index is -4.17. The zero-order valence-corrected chi connectivity index (χ0v) is 12.4. The molecule has 0 spiro atoms. The summed E-state index contributed by atoms with van der Waals surface area (Å²) in [6.07, 6.45) is 0. The third-order valence-corrected chi connectivity index (χ3v) is 4.38. The quantitative estimate of drug-likeness (QED) is 0.931. The third-order valence-electron chi connectivity index (χ3n) is 2.99. The van der Waals surface area contributed by atoms with Gasteiger partial charge in [0.2, 0.25) is 0 Å². The molecule has 0 saturated heterocycles. The van der Waals surface area contributed by atoms with Gasteiger partial charge in [0.25, 0.3) is 10.0 Å². The summed E-state index contributed by atoms with van der Waals surface area (Å²) < 4.78 is 53.3. The van der Waals surface area contributed by atoms with Gasteiger partial charge in [-0.1, -0.05) is 26.0 Å². The second-order valence-electron chi connectivity index (χ2n) is 4.96. The fourth-order valence-electron chi connectivity index (χ4n) is 1.85. The first-order valence-electron chi connectivity index (χ1n) is 6.37. The lowest BCUT2D eigenvalue weighted by Crippen LogP contribution is -2.15. The van der Waals surface area contributed by atoms with Gasteiger partial charge in [-0.15, -0.1) is 0 Å². The molecule has 0 fully saturated rings. The number of rotatable bonds is 4. The minimum absolute atomic E-state index is 0.223. The topological polar surface area (TPSA) is 46.2 Å². The van der Waals surface area contributed by atoms with Crippen molar-refractivity contribution in [2.24, 2.45) is 0 Å². The van der Waals surface area contributed by atoms with Gasteiger partial charge in [-0.3, -0.25) is 4.72 Å². The summed E-state index contributed by atoms with van der Waals surface area (Å²) in [6.45, 7) is 3.94. The van der Waals surface area contributed by atoms with Crippen LogP contribution in [0.15, 0.2) is 47.4 Å². The van der Waals surface area contributed by atoms with Gasteiger partial charge in [-0.2, -0.15) is 0 Å². The van der Waals surface area contributed by atoms with Gasteiger partial charge in [-0.25, -0.2) is 17.2 Å². The van der Waals surface area contributed by atoms with Gasteiger partial charge >= 0.3 is 0 Å². The van der Waals surface area contributed by atoms with E-state index >= 15 is 0 Å². The predicted octanol–water partition coefficient (Wildman–Crippen LogP) is 3.89. The van der Waals surface area contributed by atoms with Crippen LogP contribution in [0.3, 0.4) is 0 Å². The first kappa shape index (κ1) is 15.4. The van der Waals surface area contributed by atoms with Crippen molar-refractivity contribution in [3.8, 4) is 0 Å². The molecule has 0 bridgehead atoms. The highest BCUT2D eigenvalue weighted by molar-refractivity contribution is 7.92. The molecule has 0 aliphatic heterocycles. The van der Waals surface area contributed by atoms with Gasteiger partial charge in [0, 0.05) is 5.69 Å². The second-order valence-corrected chi connectivity index (χ2v) is 6.61. The Kier molecular flexibility index (Phi) is 4.27. The normalized spacial score (nSPS) is 11.7. The number of benzene rings is 2. The second kappa shape index (κ2) is 5.81. The van der Waals surface area contributed by atoms with E-state index in [2.05, 4.69) is 4.72 Å². The van der Waals surface area contributed by atoms with Crippen LogP contribution in [0.4, 0.5) is 14.5 Å². The molecule has 2 rings (SSSR count). The SMILES string of the molecule is CC(C)c1cccc(NS(=O)(=O)c2cc(F)ccc2F)c1. The highest BCUT2D eigenvalue weighted by Gasteiger charge is 2.20. The molecule has 0 saturated carbocycles. The van der Waals surface area contributed by atoms with E-state index in [4.69, 9.17) is 0 Å². The summed E-state index contributed by atoms with van der Waals surface area (Å²) >= 11 is 0. The average Bonchev–Trinajstić information content (AvgIpc) is 2.41. The fraction of sp³-hybridized carbons (Fsp3) is 0.200. The summed E-state index contributed by atoms with van der Waals surface area (Å²) in [4.78, 5) is -0.711. The van der Waals surface area contributed by atoms with Crippen molar-refractivity contribution >= 4 is 15.7 Å². The molecule has 0 heterocycles. The van der Waals surface area contributed by atoms with Crippen LogP contribution < -0.4 is 4.72 Å². The lowest BCUT2D eigenvalue weighted by Gasteiger charge is -2.11. The first-order valence-corrected chi connectivity index (χ1v) is 7.86. The zero-order chi connectivity index (χ0) is 15.6. The summed E-state index contributed by atoms with van der Waals surface area (Å²) in [5.74, 6) is -1.59. The number of nitrogens with one attached hydrogen (secondary N) is 1. The predicted molar refractivity (Wildman–Crippen MR) is 77.7 cm³/mol. The molecule has 0 aromatic heterocycles. The largest absolute Gasteiger partial charge is 0.280 e. The van der Waals surface area contributed by atoms with Crippen molar-refractivity contribution in [3.05, 3.63) is 59.7 Å². The van der Waals surface area contributed by atoms with Gasteiger partial charge in [-0.05, 0) is 41.8 Å². The molecule has 0 atom stereocenters. The van der Waals surface area contributed by atoms with Crippen LogP contribution in [-0.4, -0.2) is 8.42 Å². The summed E-state index contributed by atoms with van der Waals surface area (Å²) in [7, 11) is -4.17. The van der Waals surface area contributed by atoms with Crippen molar-refractivity contribution in [1.29, 1.82) is 0 Å². The Morgan fingerprint density at radius 1 is 1.05 bits per heavy atom. The molecule has 1 N–H and O–H groups in total. The first-order chi connectivity index (χ1) is 9.79. The third kappa shape index (κ3) is 3.58. The molecule has 2 aromatic carbocycles. The average molecular weight is 311 g/mol. The fourth-order valence-corrected chi connectivity index (χ4v) is 2.99. The molecule has 0 radical (unpaired) electrons. The van der Waals surface area contributed by atoms with Crippen LogP contribution in [0.5, 0.6) is 0 Å². The van der Waals surface area contributed by atoms with Crippen molar-refractivity contribution in [2.75, 3.05) is 4.72 Å². The molecular formula is C15H15F2NO2S. The van der Waals surface area contributed by atoms with Crippen LogP contribution in [-0.2, 0) is 10.0 Å². The Morgan fingerprint density at radius 2 is 1.76 bits per heavy atom. The molecule has 0 aliphatic carbocycles.